The predicted molar refractivity (Wildman–Crippen MR) is 173 cm³/mol. The Morgan fingerprint density at radius 1 is 0.708 bits per heavy atom. The molecule has 0 fully saturated rings. The number of aromatic amines is 1. The molecule has 2 amide bonds. The Morgan fingerprint density at radius 3 is 1.94 bits per heavy atom. The lowest BCUT2D eigenvalue weighted by atomic mass is 10.1. The molecule has 48 heavy (non-hydrogen) atoms. The number of azo groups is 1. The van der Waals surface area contributed by atoms with Crippen molar-refractivity contribution in [1.29, 1.82) is 0 Å². The summed E-state index contributed by atoms with van der Waals surface area (Å²) >= 11 is 0. The summed E-state index contributed by atoms with van der Waals surface area (Å²) in [4.78, 5) is 29.1. The maximum Gasteiger partial charge on any atom is 0.295 e. The summed E-state index contributed by atoms with van der Waals surface area (Å²) in [6, 6.07) is 30.7. The van der Waals surface area contributed by atoms with E-state index in [1.165, 1.54) is 53.3 Å². The van der Waals surface area contributed by atoms with Crippen molar-refractivity contribution < 1.29 is 19.8 Å². The number of rotatable bonds is 8. The number of hydrogen-bond donors (Lipinski definition) is 4. The van der Waals surface area contributed by atoms with Gasteiger partial charge in [-0.1, -0.05) is 60.7 Å². The lowest BCUT2D eigenvalue weighted by Gasteiger charge is -2.03. The summed E-state index contributed by atoms with van der Waals surface area (Å²) in [7, 11) is 0. The van der Waals surface area contributed by atoms with Crippen LogP contribution in [0.15, 0.2) is 125 Å². The molecule has 0 atom stereocenters. The van der Waals surface area contributed by atoms with E-state index in [9.17, 15) is 19.8 Å². The number of fused-ring (bicyclic) bond motifs is 2. The Morgan fingerprint density at radius 2 is 1.29 bits per heavy atom. The minimum absolute atomic E-state index is 0.0132. The molecule has 236 valence electrons. The molecule has 1 aliphatic carbocycles. The van der Waals surface area contributed by atoms with E-state index in [2.05, 4.69) is 25.9 Å². The summed E-state index contributed by atoms with van der Waals surface area (Å²) in [6.07, 6.45) is 0. The maximum absolute atomic E-state index is 13.0. The Labute approximate surface area is 271 Å². The average molecular weight is 639 g/mol. The first kappa shape index (κ1) is 29.7. The molecule has 0 spiro atoms. The quantitative estimate of drug-likeness (QED) is 0.137. The molecule has 5 aromatic rings. The van der Waals surface area contributed by atoms with Gasteiger partial charge in [0, 0.05) is 11.1 Å². The van der Waals surface area contributed by atoms with Gasteiger partial charge in [0.25, 0.3) is 11.8 Å². The van der Waals surface area contributed by atoms with Crippen LogP contribution in [0.3, 0.4) is 0 Å². The number of phenols is 2. The fraction of sp³-hybridized carbons (Fsp3) is 0.0588. The second-order valence-electron chi connectivity index (χ2n) is 10.7. The van der Waals surface area contributed by atoms with Gasteiger partial charge in [-0.3, -0.25) is 14.7 Å². The van der Waals surface area contributed by atoms with Crippen molar-refractivity contribution in [2.45, 2.75) is 13.1 Å². The van der Waals surface area contributed by atoms with Gasteiger partial charge in [0.2, 0.25) is 0 Å². The standard InChI is InChI=1S/C34H26N10O4/c45-25-15-11-23(12-16-25)33(47)37-35-27-29-30(40-43(39-29)19-21-7-3-1-4-8-21)28(36-38-34(48)24-13-17-26(46)18-14-24)32-31(27)41-44(42-32)20-22-9-5-2-6-10-22/h1-18,39,45-46H,19-20H2,(H,38,48)/b36-28-,37-35?. The van der Waals surface area contributed by atoms with Crippen molar-refractivity contribution >= 4 is 28.5 Å². The number of aromatic hydroxyl groups is 2. The third-order valence-corrected chi connectivity index (χ3v) is 7.36. The molecule has 7 rings (SSSR count). The average Bonchev–Trinajstić information content (AvgIpc) is 3.71. The molecule has 2 heterocycles. The minimum Gasteiger partial charge on any atom is -0.508 e. The number of benzene rings is 5. The Bertz CT molecular complexity index is 2270. The van der Waals surface area contributed by atoms with Crippen LogP contribution < -0.4 is 10.8 Å². The predicted octanol–water partition coefficient (Wildman–Crippen LogP) is 4.74. The molecular weight excluding hydrogens is 612 g/mol. The van der Waals surface area contributed by atoms with Crippen molar-refractivity contribution in [1.82, 2.24) is 35.4 Å². The van der Waals surface area contributed by atoms with Gasteiger partial charge in [-0.25, -0.2) is 10.2 Å². The second kappa shape index (κ2) is 12.8. The lowest BCUT2D eigenvalue weighted by Crippen LogP contribution is -2.23. The van der Waals surface area contributed by atoms with E-state index in [1.807, 2.05) is 60.7 Å². The highest BCUT2D eigenvalue weighted by Gasteiger charge is 2.26. The summed E-state index contributed by atoms with van der Waals surface area (Å²) in [5, 5.41) is 49.7. The van der Waals surface area contributed by atoms with E-state index >= 15 is 0 Å². The van der Waals surface area contributed by atoms with Gasteiger partial charge < -0.3 is 10.2 Å². The third-order valence-electron chi connectivity index (χ3n) is 7.36. The fourth-order valence-corrected chi connectivity index (χ4v) is 5.00. The van der Waals surface area contributed by atoms with E-state index in [-0.39, 0.29) is 44.7 Å². The van der Waals surface area contributed by atoms with Crippen molar-refractivity contribution in [3.63, 3.8) is 0 Å². The van der Waals surface area contributed by atoms with Crippen LogP contribution in [0.2, 0.25) is 0 Å². The van der Waals surface area contributed by atoms with Crippen LogP contribution in [0, 0.1) is 0 Å². The Balaban J connectivity index is 1.40. The molecule has 0 saturated carbocycles. The smallest absolute Gasteiger partial charge is 0.295 e. The van der Waals surface area contributed by atoms with Gasteiger partial charge in [-0.15, -0.1) is 10.2 Å². The normalized spacial score (nSPS) is 11.9. The van der Waals surface area contributed by atoms with E-state index < -0.39 is 11.8 Å². The van der Waals surface area contributed by atoms with Crippen LogP contribution in [0.5, 0.6) is 11.5 Å². The Kier molecular flexibility index (Phi) is 7.93. The zero-order valence-electron chi connectivity index (χ0n) is 25.1. The molecule has 0 bridgehead atoms. The van der Waals surface area contributed by atoms with Crippen LogP contribution >= 0.6 is 0 Å². The van der Waals surface area contributed by atoms with Crippen LogP contribution in [-0.2, 0) is 13.1 Å². The minimum atomic E-state index is -0.639. The number of carbonyl (C=O) groups excluding carboxylic acids is 2. The lowest BCUT2D eigenvalue weighted by molar-refractivity contribution is 0.0951. The fourth-order valence-electron chi connectivity index (χ4n) is 5.00. The van der Waals surface area contributed by atoms with Crippen LogP contribution in [-0.4, -0.2) is 52.0 Å². The van der Waals surface area contributed by atoms with E-state index in [0.29, 0.717) is 24.5 Å². The highest BCUT2D eigenvalue weighted by molar-refractivity contribution is 5.98. The molecule has 1 aliphatic heterocycles. The van der Waals surface area contributed by atoms with Gasteiger partial charge in [-0.2, -0.15) is 25.2 Å². The zero-order valence-corrected chi connectivity index (χ0v) is 25.1. The van der Waals surface area contributed by atoms with Gasteiger partial charge in [0.15, 0.2) is 0 Å². The van der Waals surface area contributed by atoms with Gasteiger partial charge >= 0.3 is 0 Å². The van der Waals surface area contributed by atoms with Gasteiger partial charge in [-0.05, 0) is 59.7 Å². The molecule has 0 saturated heterocycles. The number of nitrogens with one attached hydrogen (secondary N) is 2. The van der Waals surface area contributed by atoms with Crippen molar-refractivity contribution in [3.8, 4) is 22.9 Å². The summed E-state index contributed by atoms with van der Waals surface area (Å²) < 4.78 is 0. The SMILES string of the molecule is O=C(N=Nc1c2[nH]n(Cc3ccccc3)nc-2/c(=N/NC(=O)c2ccc(O)cc2)c2nn(Cc3ccccc3)nc12)c1ccc(O)cc1. The summed E-state index contributed by atoms with van der Waals surface area (Å²) in [5.41, 5.74) is 6.32. The summed E-state index contributed by atoms with van der Waals surface area (Å²) in [5.74, 6) is -1.13. The van der Waals surface area contributed by atoms with Crippen LogP contribution in [0.1, 0.15) is 31.8 Å². The molecule has 2 aliphatic rings. The van der Waals surface area contributed by atoms with Crippen LogP contribution in [0.4, 0.5) is 5.69 Å². The van der Waals surface area contributed by atoms with Crippen LogP contribution in [0.25, 0.3) is 22.4 Å². The van der Waals surface area contributed by atoms with E-state index in [1.54, 1.807) is 4.80 Å². The molecule has 0 radical (unpaired) electrons. The molecule has 4 N–H and O–H groups in total. The summed E-state index contributed by atoms with van der Waals surface area (Å²) in [6.45, 7) is 0.671. The van der Waals surface area contributed by atoms with E-state index in [0.717, 1.165) is 11.1 Å². The number of H-pyrrole nitrogens is 1. The monoisotopic (exact) mass is 638 g/mol. The number of carbonyl (C=O) groups is 2. The first-order valence-corrected chi connectivity index (χ1v) is 14.7. The Hall–Kier alpha value is -6.96. The molecular formula is C34H26N10O4. The maximum atomic E-state index is 13.0. The van der Waals surface area contributed by atoms with Crippen molar-refractivity contribution in [3.05, 3.63) is 137 Å². The van der Waals surface area contributed by atoms with Gasteiger partial charge in [0.05, 0.1) is 13.1 Å². The molecule has 0 unspecified atom stereocenters. The van der Waals surface area contributed by atoms with E-state index in [4.69, 9.17) is 15.3 Å². The van der Waals surface area contributed by atoms with Crippen molar-refractivity contribution in [2.24, 2.45) is 15.3 Å². The number of phenolic OH excluding ortho intramolecular Hbond substituents is 2. The van der Waals surface area contributed by atoms with Gasteiger partial charge in [0.1, 0.15) is 45.0 Å². The first-order chi connectivity index (χ1) is 23.4. The van der Waals surface area contributed by atoms with Crippen molar-refractivity contribution in [2.75, 3.05) is 0 Å². The molecule has 4 aromatic carbocycles. The third kappa shape index (κ3) is 6.25. The highest BCUT2D eigenvalue weighted by atomic mass is 16.3. The molecule has 14 nitrogen and oxygen atoms in total. The number of aromatic nitrogens is 6. The molecule has 14 heteroatoms. The molecule has 1 aromatic heterocycles. The number of nitrogens with zero attached hydrogens (tertiary/aromatic N) is 8. The number of amides is 2. The second-order valence-corrected chi connectivity index (χ2v) is 10.7. The first-order valence-electron chi connectivity index (χ1n) is 14.7. The largest absolute Gasteiger partial charge is 0.508 e. The topological polar surface area (TPSA) is 188 Å². The highest BCUT2D eigenvalue weighted by Crippen LogP contribution is 2.33. The number of hydrogen-bond acceptors (Lipinski definition) is 9. The zero-order chi connectivity index (χ0) is 33.0.